The summed E-state index contributed by atoms with van der Waals surface area (Å²) < 4.78 is 34.2. The summed E-state index contributed by atoms with van der Waals surface area (Å²) in [5, 5.41) is 3.16. The van der Waals surface area contributed by atoms with Gasteiger partial charge in [0.2, 0.25) is 0 Å². The molecular weight excluding hydrogens is 277 g/mol. The molecule has 0 fully saturated rings. The molecule has 1 aromatic rings. The van der Waals surface area contributed by atoms with Crippen LogP contribution < -0.4 is 10.1 Å². The smallest absolute Gasteiger partial charge is 0.165 e. The molecule has 0 radical (unpaired) electrons. The molecule has 0 saturated carbocycles. The van der Waals surface area contributed by atoms with Crippen molar-refractivity contribution in [3.05, 3.63) is 29.6 Å². The Morgan fingerprint density at radius 2 is 1.76 bits per heavy atom. The highest BCUT2D eigenvalue weighted by Gasteiger charge is 2.04. The monoisotopic (exact) mass is 301 g/mol. The molecule has 6 heteroatoms. The standard InChI is InChI=1S/C15H24FNO4/c1-18-6-5-17-12-13-3-4-15(14(16)11-13)21-10-9-20-8-7-19-2/h3-4,11,17H,5-10,12H2,1-2H3. The molecule has 0 amide bonds. The molecule has 0 unspecified atom stereocenters. The summed E-state index contributed by atoms with van der Waals surface area (Å²) in [4.78, 5) is 0. The van der Waals surface area contributed by atoms with E-state index in [9.17, 15) is 4.39 Å². The third-order valence-electron chi connectivity index (χ3n) is 2.73. The largest absolute Gasteiger partial charge is 0.488 e. The first kappa shape index (κ1) is 17.8. The molecule has 0 aliphatic carbocycles. The molecule has 0 spiro atoms. The lowest BCUT2D eigenvalue weighted by Crippen LogP contribution is -2.18. The second-order valence-corrected chi connectivity index (χ2v) is 4.39. The number of hydrogen-bond acceptors (Lipinski definition) is 5. The minimum atomic E-state index is -0.363. The zero-order chi connectivity index (χ0) is 15.3. The van der Waals surface area contributed by atoms with Gasteiger partial charge in [0.05, 0.1) is 26.4 Å². The Kier molecular flexibility index (Phi) is 9.73. The summed E-state index contributed by atoms with van der Waals surface area (Å²) >= 11 is 0. The number of ether oxygens (including phenoxy) is 4. The molecule has 120 valence electrons. The third-order valence-corrected chi connectivity index (χ3v) is 2.73. The van der Waals surface area contributed by atoms with Gasteiger partial charge in [-0.2, -0.15) is 0 Å². The SMILES string of the molecule is COCCNCc1ccc(OCCOCCOC)c(F)c1. The molecular formula is C15H24FNO4. The van der Waals surface area contributed by atoms with Gasteiger partial charge in [-0.15, -0.1) is 0 Å². The zero-order valence-corrected chi connectivity index (χ0v) is 12.7. The van der Waals surface area contributed by atoms with Crippen LogP contribution in [-0.4, -0.2) is 53.8 Å². The number of benzene rings is 1. The molecule has 1 rings (SSSR count). The van der Waals surface area contributed by atoms with E-state index < -0.39 is 0 Å². The predicted octanol–water partition coefficient (Wildman–Crippen LogP) is 1.60. The van der Waals surface area contributed by atoms with Gasteiger partial charge < -0.3 is 24.3 Å². The van der Waals surface area contributed by atoms with Gasteiger partial charge in [0.15, 0.2) is 11.6 Å². The highest BCUT2D eigenvalue weighted by atomic mass is 19.1. The number of nitrogens with one attached hydrogen (secondary N) is 1. The van der Waals surface area contributed by atoms with Crippen LogP contribution in [0, 0.1) is 5.82 Å². The van der Waals surface area contributed by atoms with Crippen LogP contribution in [-0.2, 0) is 20.8 Å². The number of rotatable bonds is 12. The maximum atomic E-state index is 13.8. The minimum absolute atomic E-state index is 0.242. The molecule has 0 aliphatic rings. The van der Waals surface area contributed by atoms with Crippen LogP contribution >= 0.6 is 0 Å². The van der Waals surface area contributed by atoms with Crippen molar-refractivity contribution in [3.63, 3.8) is 0 Å². The van der Waals surface area contributed by atoms with Crippen LogP contribution in [0.25, 0.3) is 0 Å². The lowest BCUT2D eigenvalue weighted by Gasteiger charge is -2.10. The van der Waals surface area contributed by atoms with E-state index in [0.717, 1.165) is 12.1 Å². The molecule has 1 aromatic carbocycles. The Bertz CT molecular complexity index is 390. The highest BCUT2D eigenvalue weighted by Crippen LogP contribution is 2.18. The summed E-state index contributed by atoms with van der Waals surface area (Å²) in [6, 6.07) is 4.95. The Morgan fingerprint density at radius 3 is 2.48 bits per heavy atom. The molecule has 0 atom stereocenters. The average Bonchev–Trinajstić information content (AvgIpc) is 2.49. The maximum absolute atomic E-state index is 13.8. The number of halogens is 1. The van der Waals surface area contributed by atoms with E-state index in [1.807, 2.05) is 6.07 Å². The fourth-order valence-electron chi connectivity index (χ4n) is 1.63. The van der Waals surface area contributed by atoms with Crippen LogP contribution in [0.3, 0.4) is 0 Å². The van der Waals surface area contributed by atoms with E-state index in [1.54, 1.807) is 20.3 Å². The maximum Gasteiger partial charge on any atom is 0.165 e. The molecule has 0 bridgehead atoms. The lowest BCUT2D eigenvalue weighted by atomic mass is 10.2. The summed E-state index contributed by atoms with van der Waals surface area (Å²) in [7, 11) is 3.26. The van der Waals surface area contributed by atoms with Crippen LogP contribution in [0.1, 0.15) is 5.56 Å². The summed E-state index contributed by atoms with van der Waals surface area (Å²) in [5.74, 6) is -0.121. The van der Waals surface area contributed by atoms with Crippen LogP contribution in [0.15, 0.2) is 18.2 Å². The summed E-state index contributed by atoms with van der Waals surface area (Å²) in [6.45, 7) is 3.73. The van der Waals surface area contributed by atoms with Gasteiger partial charge in [0, 0.05) is 27.3 Å². The topological polar surface area (TPSA) is 49.0 Å². The van der Waals surface area contributed by atoms with Gasteiger partial charge in [-0.25, -0.2) is 4.39 Å². The molecule has 0 aliphatic heterocycles. The van der Waals surface area contributed by atoms with E-state index >= 15 is 0 Å². The Hall–Kier alpha value is -1.21. The Labute approximate surface area is 125 Å². The van der Waals surface area contributed by atoms with Crippen molar-refractivity contribution in [1.82, 2.24) is 5.32 Å². The second kappa shape index (κ2) is 11.4. The van der Waals surface area contributed by atoms with Crippen molar-refractivity contribution in [3.8, 4) is 5.75 Å². The summed E-state index contributed by atoms with van der Waals surface area (Å²) in [6.07, 6.45) is 0. The quantitative estimate of drug-likeness (QED) is 0.594. The van der Waals surface area contributed by atoms with E-state index in [1.165, 1.54) is 6.07 Å². The zero-order valence-electron chi connectivity index (χ0n) is 12.7. The summed E-state index contributed by atoms with van der Waals surface area (Å²) in [5.41, 5.74) is 0.868. The van der Waals surface area contributed by atoms with Gasteiger partial charge in [0.25, 0.3) is 0 Å². The van der Waals surface area contributed by atoms with Crippen molar-refractivity contribution >= 4 is 0 Å². The van der Waals surface area contributed by atoms with Crippen molar-refractivity contribution in [2.24, 2.45) is 0 Å². The fourth-order valence-corrected chi connectivity index (χ4v) is 1.63. The Morgan fingerprint density at radius 1 is 1.00 bits per heavy atom. The average molecular weight is 301 g/mol. The van der Waals surface area contributed by atoms with Crippen LogP contribution in [0.2, 0.25) is 0 Å². The van der Waals surface area contributed by atoms with Crippen molar-refractivity contribution in [2.45, 2.75) is 6.54 Å². The third kappa shape index (κ3) is 7.96. The first-order valence-electron chi connectivity index (χ1n) is 6.95. The van der Waals surface area contributed by atoms with Gasteiger partial charge in [0.1, 0.15) is 6.61 Å². The van der Waals surface area contributed by atoms with Gasteiger partial charge in [-0.05, 0) is 17.7 Å². The molecule has 5 nitrogen and oxygen atoms in total. The minimum Gasteiger partial charge on any atom is -0.488 e. The molecule has 0 aromatic heterocycles. The number of methoxy groups -OCH3 is 2. The van der Waals surface area contributed by atoms with E-state index in [4.69, 9.17) is 18.9 Å². The van der Waals surface area contributed by atoms with Gasteiger partial charge in [-0.1, -0.05) is 6.07 Å². The van der Waals surface area contributed by atoms with E-state index in [0.29, 0.717) is 39.6 Å². The van der Waals surface area contributed by atoms with Crippen molar-refractivity contribution < 1.29 is 23.3 Å². The number of hydrogen-bond donors (Lipinski definition) is 1. The highest BCUT2D eigenvalue weighted by molar-refractivity contribution is 5.29. The molecule has 21 heavy (non-hydrogen) atoms. The fraction of sp³-hybridized carbons (Fsp3) is 0.600. The van der Waals surface area contributed by atoms with Crippen LogP contribution in [0.4, 0.5) is 4.39 Å². The Balaban J connectivity index is 2.26. The first-order chi connectivity index (χ1) is 10.3. The first-order valence-corrected chi connectivity index (χ1v) is 6.95. The van der Waals surface area contributed by atoms with Crippen molar-refractivity contribution in [1.29, 1.82) is 0 Å². The van der Waals surface area contributed by atoms with Gasteiger partial charge in [-0.3, -0.25) is 0 Å². The molecule has 1 N–H and O–H groups in total. The lowest BCUT2D eigenvalue weighted by molar-refractivity contribution is 0.0538. The van der Waals surface area contributed by atoms with Crippen molar-refractivity contribution in [2.75, 3.05) is 53.8 Å². The molecule has 0 saturated heterocycles. The van der Waals surface area contributed by atoms with E-state index in [2.05, 4.69) is 5.32 Å². The van der Waals surface area contributed by atoms with Crippen LogP contribution in [0.5, 0.6) is 5.75 Å². The molecule has 0 heterocycles. The van der Waals surface area contributed by atoms with E-state index in [-0.39, 0.29) is 11.6 Å². The second-order valence-electron chi connectivity index (χ2n) is 4.39. The van der Waals surface area contributed by atoms with Gasteiger partial charge >= 0.3 is 0 Å². The predicted molar refractivity (Wildman–Crippen MR) is 78.2 cm³/mol. The normalized spacial score (nSPS) is 10.8.